The van der Waals surface area contributed by atoms with Gasteiger partial charge in [0, 0.05) is 34.0 Å². The van der Waals surface area contributed by atoms with Crippen molar-refractivity contribution in [2.45, 2.75) is 56.9 Å². The van der Waals surface area contributed by atoms with Crippen molar-refractivity contribution in [2.75, 3.05) is 0 Å². The van der Waals surface area contributed by atoms with E-state index in [1.54, 1.807) is 71.9 Å². The Hall–Kier alpha value is -4.35. The molecule has 0 spiro atoms. The standard InChI is InChI=1S/C23H23Cl2N3O3.2C6H7NO/c24-12-9-10-15(17(25)11-12)20-19(22(27)30)13-5-1-2-6-14(13)23(31)28(20)18-8-4-3-7-16(18)21(26)29;2*8-5-6-3-1-2-4-7-6/h1-2,5-6,9-11,16,18-20H,3-4,7-8H2,(H2,26,29)(H2,27,30);2*1-4,8H,5H2. The lowest BCUT2D eigenvalue weighted by atomic mass is 9.75. The summed E-state index contributed by atoms with van der Waals surface area (Å²) in [5, 5.41) is 17.7. The van der Waals surface area contributed by atoms with Crippen molar-refractivity contribution < 1.29 is 24.6 Å². The summed E-state index contributed by atoms with van der Waals surface area (Å²) in [5.41, 5.74) is 14.6. The van der Waals surface area contributed by atoms with Crippen LogP contribution >= 0.6 is 23.2 Å². The normalized spacial score (nSPS) is 20.1. The Balaban J connectivity index is 0.000000254. The first-order chi connectivity index (χ1) is 22.7. The van der Waals surface area contributed by atoms with Gasteiger partial charge in [0.2, 0.25) is 11.8 Å². The monoisotopic (exact) mass is 677 g/mol. The van der Waals surface area contributed by atoms with Crippen LogP contribution in [-0.4, -0.2) is 48.8 Å². The Kier molecular flexibility index (Phi) is 12.8. The predicted octanol–water partition coefficient (Wildman–Crippen LogP) is 4.95. The van der Waals surface area contributed by atoms with E-state index in [0.29, 0.717) is 51.0 Å². The fraction of sp³-hybridized carbons (Fsp3) is 0.286. The van der Waals surface area contributed by atoms with Crippen LogP contribution in [0.25, 0.3) is 0 Å². The first kappa shape index (κ1) is 35.5. The van der Waals surface area contributed by atoms with Crippen LogP contribution in [0.4, 0.5) is 0 Å². The summed E-state index contributed by atoms with van der Waals surface area (Å²) in [5.74, 6) is -2.63. The maximum atomic E-state index is 13.8. The smallest absolute Gasteiger partial charge is 0.254 e. The second-order valence-electron chi connectivity index (χ2n) is 11.1. The first-order valence-electron chi connectivity index (χ1n) is 15.1. The lowest BCUT2D eigenvalue weighted by molar-refractivity contribution is -0.125. The molecule has 12 heteroatoms. The van der Waals surface area contributed by atoms with Crippen LogP contribution in [-0.2, 0) is 22.8 Å². The summed E-state index contributed by atoms with van der Waals surface area (Å²) >= 11 is 12.6. The lowest BCUT2D eigenvalue weighted by Crippen LogP contribution is -2.55. The third-order valence-electron chi connectivity index (χ3n) is 8.19. The van der Waals surface area contributed by atoms with Crippen LogP contribution < -0.4 is 11.5 Å². The van der Waals surface area contributed by atoms with E-state index >= 15 is 0 Å². The number of fused-ring (bicyclic) bond motifs is 1. The highest BCUT2D eigenvalue weighted by Gasteiger charge is 2.49. The van der Waals surface area contributed by atoms with Gasteiger partial charge in [0.15, 0.2) is 0 Å². The van der Waals surface area contributed by atoms with Gasteiger partial charge in [0.25, 0.3) is 5.91 Å². The quantitative estimate of drug-likeness (QED) is 0.223. The predicted molar refractivity (Wildman–Crippen MR) is 179 cm³/mol. The number of aliphatic hydroxyl groups excluding tert-OH is 2. The minimum Gasteiger partial charge on any atom is -0.390 e. The molecule has 0 radical (unpaired) electrons. The molecule has 4 atom stereocenters. The average molecular weight is 679 g/mol. The molecule has 6 rings (SSSR count). The number of hydrogen-bond donors (Lipinski definition) is 4. The number of hydrogen-bond acceptors (Lipinski definition) is 7. The molecule has 3 heterocycles. The molecule has 1 aliphatic carbocycles. The topological polar surface area (TPSA) is 173 Å². The molecule has 4 unspecified atom stereocenters. The van der Waals surface area contributed by atoms with Crippen molar-refractivity contribution in [3.63, 3.8) is 0 Å². The molecule has 0 bridgehead atoms. The molecule has 1 saturated carbocycles. The van der Waals surface area contributed by atoms with E-state index in [0.717, 1.165) is 12.8 Å². The largest absolute Gasteiger partial charge is 0.390 e. The summed E-state index contributed by atoms with van der Waals surface area (Å²) in [6, 6.07) is 21.5. The third kappa shape index (κ3) is 8.72. The summed E-state index contributed by atoms with van der Waals surface area (Å²) in [6.45, 7) is 0.0572. The molecule has 2 aromatic heterocycles. The number of aliphatic hydroxyl groups is 2. The first-order valence-corrected chi connectivity index (χ1v) is 15.9. The molecule has 3 amide bonds. The molecule has 47 heavy (non-hydrogen) atoms. The Morgan fingerprint density at radius 2 is 1.38 bits per heavy atom. The van der Waals surface area contributed by atoms with E-state index in [1.807, 2.05) is 24.3 Å². The minimum absolute atomic E-state index is 0.0286. The van der Waals surface area contributed by atoms with Gasteiger partial charge in [0.05, 0.1) is 42.5 Å². The minimum atomic E-state index is -0.831. The number of benzene rings is 2. The van der Waals surface area contributed by atoms with E-state index < -0.39 is 35.7 Å². The Morgan fingerprint density at radius 3 is 1.89 bits per heavy atom. The van der Waals surface area contributed by atoms with Crippen molar-refractivity contribution in [2.24, 2.45) is 17.4 Å². The molecule has 2 aromatic carbocycles. The van der Waals surface area contributed by atoms with Crippen molar-refractivity contribution in [1.82, 2.24) is 14.9 Å². The van der Waals surface area contributed by atoms with Gasteiger partial charge < -0.3 is 26.6 Å². The van der Waals surface area contributed by atoms with Gasteiger partial charge in [-0.05, 0) is 66.4 Å². The number of pyridine rings is 2. The molecular formula is C35H37Cl2N5O5. The Morgan fingerprint density at radius 1 is 0.787 bits per heavy atom. The summed E-state index contributed by atoms with van der Waals surface area (Å²) < 4.78 is 0. The van der Waals surface area contributed by atoms with E-state index in [-0.39, 0.29) is 19.1 Å². The number of amides is 3. The molecule has 1 aliphatic heterocycles. The summed E-state index contributed by atoms with van der Waals surface area (Å²) in [4.78, 5) is 48.1. The van der Waals surface area contributed by atoms with Gasteiger partial charge >= 0.3 is 0 Å². The Bertz CT molecular complexity index is 1620. The second-order valence-corrected chi connectivity index (χ2v) is 12.0. The molecule has 246 valence electrons. The zero-order valence-electron chi connectivity index (χ0n) is 25.6. The lowest BCUT2D eigenvalue weighted by Gasteiger charge is -2.48. The van der Waals surface area contributed by atoms with Crippen LogP contribution in [0.1, 0.15) is 70.5 Å². The van der Waals surface area contributed by atoms with Crippen molar-refractivity contribution in [1.29, 1.82) is 0 Å². The molecular weight excluding hydrogens is 641 g/mol. The van der Waals surface area contributed by atoms with Crippen LogP contribution in [0, 0.1) is 5.92 Å². The van der Waals surface area contributed by atoms with Gasteiger partial charge in [0.1, 0.15) is 0 Å². The van der Waals surface area contributed by atoms with Gasteiger partial charge in [-0.2, -0.15) is 0 Å². The van der Waals surface area contributed by atoms with E-state index in [9.17, 15) is 14.4 Å². The van der Waals surface area contributed by atoms with Crippen molar-refractivity contribution in [3.05, 3.63) is 129 Å². The number of primary amides is 2. The molecule has 2 aliphatic rings. The Labute approximate surface area is 283 Å². The number of nitrogens with two attached hydrogens (primary N) is 2. The van der Waals surface area contributed by atoms with Gasteiger partial charge in [-0.15, -0.1) is 0 Å². The van der Waals surface area contributed by atoms with Crippen LogP contribution in [0.3, 0.4) is 0 Å². The number of carbonyl (C=O) groups excluding carboxylic acids is 3. The van der Waals surface area contributed by atoms with Gasteiger partial charge in [-0.1, -0.05) is 72.4 Å². The fourth-order valence-corrected chi connectivity index (χ4v) is 6.58. The van der Waals surface area contributed by atoms with Gasteiger partial charge in [-0.3, -0.25) is 24.4 Å². The number of nitrogens with zero attached hydrogens (tertiary/aromatic N) is 3. The van der Waals surface area contributed by atoms with E-state index in [1.165, 1.54) is 0 Å². The van der Waals surface area contributed by atoms with Crippen LogP contribution in [0.15, 0.2) is 91.3 Å². The number of halogens is 2. The second kappa shape index (κ2) is 17.0. The maximum absolute atomic E-state index is 13.8. The SMILES string of the molecule is NC(=O)C1CCCCC1N1C(=O)c2ccccc2C(C(N)=O)C1c1ccc(Cl)cc1Cl.OCc1ccccn1.OCc1ccccn1. The van der Waals surface area contributed by atoms with Gasteiger partial charge in [-0.25, -0.2) is 0 Å². The molecule has 0 saturated heterocycles. The highest BCUT2D eigenvalue weighted by molar-refractivity contribution is 6.35. The van der Waals surface area contributed by atoms with Crippen molar-refractivity contribution in [3.8, 4) is 0 Å². The third-order valence-corrected chi connectivity index (χ3v) is 8.75. The number of carbonyl (C=O) groups is 3. The summed E-state index contributed by atoms with van der Waals surface area (Å²) in [7, 11) is 0. The summed E-state index contributed by atoms with van der Waals surface area (Å²) in [6.07, 6.45) is 6.22. The van der Waals surface area contributed by atoms with E-state index in [2.05, 4.69) is 9.97 Å². The zero-order valence-corrected chi connectivity index (χ0v) is 27.1. The van der Waals surface area contributed by atoms with Crippen LogP contribution in [0.2, 0.25) is 10.0 Å². The highest BCUT2D eigenvalue weighted by Crippen LogP contribution is 2.48. The maximum Gasteiger partial charge on any atom is 0.254 e. The molecule has 4 aromatic rings. The molecule has 1 fully saturated rings. The van der Waals surface area contributed by atoms with E-state index in [4.69, 9.17) is 44.9 Å². The fourth-order valence-electron chi connectivity index (χ4n) is 6.06. The number of aromatic nitrogens is 2. The molecule has 6 N–H and O–H groups in total. The van der Waals surface area contributed by atoms with Crippen LogP contribution in [0.5, 0.6) is 0 Å². The molecule has 10 nitrogen and oxygen atoms in total. The highest BCUT2D eigenvalue weighted by atomic mass is 35.5. The van der Waals surface area contributed by atoms with Crippen molar-refractivity contribution >= 4 is 40.9 Å². The average Bonchev–Trinajstić information content (AvgIpc) is 3.09. The zero-order chi connectivity index (χ0) is 33.9. The number of rotatable bonds is 6.